The number of rotatable bonds is 4. The Morgan fingerprint density at radius 2 is 2.29 bits per heavy atom. The first-order valence-corrected chi connectivity index (χ1v) is 5.93. The van der Waals surface area contributed by atoms with Crippen LogP contribution in [0.15, 0.2) is 18.2 Å². The molecule has 0 radical (unpaired) electrons. The summed E-state index contributed by atoms with van der Waals surface area (Å²) < 4.78 is 26.7. The molecule has 5 heteroatoms. The molecule has 1 aromatic rings. The Morgan fingerprint density at radius 3 is 2.86 bits per heavy atom. The van der Waals surface area contributed by atoms with Crippen molar-refractivity contribution in [2.75, 3.05) is 10.5 Å². The number of nitrogens with one attached hydrogen (secondary N) is 1. The second kappa shape index (κ2) is 5.32. The van der Waals surface area contributed by atoms with Crippen LogP contribution >= 0.6 is 11.6 Å². The minimum Gasteiger partial charge on any atom is -0.304 e. The van der Waals surface area contributed by atoms with Crippen LogP contribution in [-0.2, 0) is 11.0 Å². The Labute approximate surface area is 90.1 Å². The highest BCUT2D eigenvalue weighted by Crippen LogP contribution is 2.22. The molecule has 1 aromatic carbocycles. The Morgan fingerprint density at radius 1 is 1.57 bits per heavy atom. The fourth-order valence-electron chi connectivity index (χ4n) is 0.931. The molecule has 1 N–H and O–H groups in total. The molecule has 0 aliphatic heterocycles. The molecule has 2 nitrogen and oxygen atoms in total. The smallest absolute Gasteiger partial charge is 0.124 e. The van der Waals surface area contributed by atoms with Crippen molar-refractivity contribution in [2.45, 2.75) is 13.3 Å². The zero-order valence-electron chi connectivity index (χ0n) is 7.72. The monoisotopic (exact) mass is 235 g/mol. The summed E-state index contributed by atoms with van der Waals surface area (Å²) in [6.07, 6.45) is 0.818. The van der Waals surface area contributed by atoms with Crippen molar-refractivity contribution in [3.63, 3.8) is 0 Å². The summed E-state index contributed by atoms with van der Waals surface area (Å²) in [6, 6.07) is 3.94. The van der Waals surface area contributed by atoms with Gasteiger partial charge in [0.05, 0.1) is 10.7 Å². The van der Waals surface area contributed by atoms with Gasteiger partial charge in [-0.25, -0.2) is 8.60 Å². The Bertz CT molecular complexity index is 346. The lowest BCUT2D eigenvalue weighted by atomic mass is 10.3. The van der Waals surface area contributed by atoms with E-state index in [1.54, 1.807) is 0 Å². The number of halogens is 2. The van der Waals surface area contributed by atoms with E-state index in [1.807, 2.05) is 6.92 Å². The Kier molecular flexibility index (Phi) is 4.35. The van der Waals surface area contributed by atoms with E-state index >= 15 is 0 Å². The SMILES string of the molecule is CCCS(=O)Nc1ccc(F)cc1Cl. The maximum atomic E-state index is 12.6. The van der Waals surface area contributed by atoms with Gasteiger partial charge < -0.3 is 4.72 Å². The van der Waals surface area contributed by atoms with Crippen LogP contribution in [0, 0.1) is 5.82 Å². The molecule has 0 amide bonds. The van der Waals surface area contributed by atoms with Crippen molar-refractivity contribution in [2.24, 2.45) is 0 Å². The van der Waals surface area contributed by atoms with Crippen molar-refractivity contribution in [1.29, 1.82) is 0 Å². The lowest BCUT2D eigenvalue weighted by Gasteiger charge is -2.06. The van der Waals surface area contributed by atoms with Crippen LogP contribution in [-0.4, -0.2) is 9.96 Å². The Hall–Kier alpha value is -0.610. The van der Waals surface area contributed by atoms with Crippen LogP contribution in [0.2, 0.25) is 5.02 Å². The molecular weight excluding hydrogens is 225 g/mol. The minimum absolute atomic E-state index is 0.245. The van der Waals surface area contributed by atoms with Gasteiger partial charge in [-0.1, -0.05) is 18.5 Å². The average molecular weight is 236 g/mol. The number of benzene rings is 1. The molecule has 1 atom stereocenters. The van der Waals surface area contributed by atoms with Gasteiger partial charge in [0.2, 0.25) is 0 Å². The summed E-state index contributed by atoms with van der Waals surface area (Å²) in [6.45, 7) is 1.94. The first-order valence-electron chi connectivity index (χ1n) is 4.23. The van der Waals surface area contributed by atoms with Crippen LogP contribution in [0.1, 0.15) is 13.3 Å². The molecule has 14 heavy (non-hydrogen) atoms. The van der Waals surface area contributed by atoms with Gasteiger partial charge in [0.1, 0.15) is 16.8 Å². The fraction of sp³-hybridized carbons (Fsp3) is 0.333. The van der Waals surface area contributed by atoms with E-state index in [9.17, 15) is 8.60 Å². The molecule has 0 aromatic heterocycles. The highest BCUT2D eigenvalue weighted by atomic mass is 35.5. The molecular formula is C9H11ClFNOS. The van der Waals surface area contributed by atoms with Gasteiger partial charge in [0.15, 0.2) is 0 Å². The molecule has 0 fully saturated rings. The van der Waals surface area contributed by atoms with Crippen LogP contribution in [0.5, 0.6) is 0 Å². The van der Waals surface area contributed by atoms with Crippen molar-refractivity contribution in [1.82, 2.24) is 0 Å². The molecule has 78 valence electrons. The molecule has 1 rings (SSSR count). The molecule has 0 saturated carbocycles. The molecule has 0 bridgehead atoms. The maximum Gasteiger partial charge on any atom is 0.124 e. The predicted octanol–water partition coefficient (Wildman–Crippen LogP) is 2.96. The highest BCUT2D eigenvalue weighted by Gasteiger charge is 2.04. The lowest BCUT2D eigenvalue weighted by molar-refractivity contribution is 0.628. The topological polar surface area (TPSA) is 29.1 Å². The summed E-state index contributed by atoms with van der Waals surface area (Å²) in [5.74, 6) is 0.148. The van der Waals surface area contributed by atoms with Crippen molar-refractivity contribution in [3.8, 4) is 0 Å². The fourth-order valence-corrected chi connectivity index (χ4v) is 2.10. The van der Waals surface area contributed by atoms with Gasteiger partial charge >= 0.3 is 0 Å². The lowest BCUT2D eigenvalue weighted by Crippen LogP contribution is -2.08. The summed E-state index contributed by atoms with van der Waals surface area (Å²) in [4.78, 5) is 0. The van der Waals surface area contributed by atoms with E-state index in [0.29, 0.717) is 11.4 Å². The van der Waals surface area contributed by atoms with E-state index in [-0.39, 0.29) is 5.02 Å². The van der Waals surface area contributed by atoms with Crippen LogP contribution in [0.3, 0.4) is 0 Å². The van der Waals surface area contributed by atoms with Crippen LogP contribution in [0.25, 0.3) is 0 Å². The van der Waals surface area contributed by atoms with Gasteiger partial charge in [-0.15, -0.1) is 0 Å². The third kappa shape index (κ3) is 3.27. The maximum absolute atomic E-state index is 12.6. The molecule has 0 spiro atoms. The summed E-state index contributed by atoms with van der Waals surface area (Å²) in [5.41, 5.74) is 0.500. The number of hydrogen-bond donors (Lipinski definition) is 1. The van der Waals surface area contributed by atoms with Crippen molar-refractivity contribution >= 4 is 28.3 Å². The summed E-state index contributed by atoms with van der Waals surface area (Å²) in [7, 11) is -1.14. The molecule has 0 aliphatic carbocycles. The normalized spacial score (nSPS) is 12.5. The summed E-state index contributed by atoms with van der Waals surface area (Å²) >= 11 is 5.74. The van der Waals surface area contributed by atoms with E-state index in [2.05, 4.69) is 4.72 Å². The highest BCUT2D eigenvalue weighted by molar-refractivity contribution is 7.86. The first kappa shape index (κ1) is 11.5. The zero-order chi connectivity index (χ0) is 10.6. The van der Waals surface area contributed by atoms with Crippen LogP contribution < -0.4 is 4.72 Å². The first-order chi connectivity index (χ1) is 6.63. The Balaban J connectivity index is 2.72. The second-order valence-corrected chi connectivity index (χ2v) is 4.49. The zero-order valence-corrected chi connectivity index (χ0v) is 9.29. The number of anilines is 1. The van der Waals surface area contributed by atoms with Gasteiger partial charge in [-0.2, -0.15) is 0 Å². The predicted molar refractivity (Wildman–Crippen MR) is 58.3 cm³/mol. The van der Waals surface area contributed by atoms with E-state index in [1.165, 1.54) is 18.2 Å². The van der Waals surface area contributed by atoms with Crippen LogP contribution in [0.4, 0.5) is 10.1 Å². The van der Waals surface area contributed by atoms with Gasteiger partial charge in [0.25, 0.3) is 0 Å². The third-order valence-electron chi connectivity index (χ3n) is 1.54. The van der Waals surface area contributed by atoms with Gasteiger partial charge in [0, 0.05) is 5.75 Å². The third-order valence-corrected chi connectivity index (χ3v) is 3.08. The van der Waals surface area contributed by atoms with Crippen molar-refractivity contribution in [3.05, 3.63) is 29.0 Å². The van der Waals surface area contributed by atoms with Crippen molar-refractivity contribution < 1.29 is 8.60 Å². The quantitative estimate of drug-likeness (QED) is 0.854. The van der Waals surface area contributed by atoms with E-state index in [0.717, 1.165) is 6.42 Å². The largest absolute Gasteiger partial charge is 0.304 e. The standard InChI is InChI=1S/C9H11ClFNOS/c1-2-5-14(13)12-9-4-3-7(11)6-8(9)10/h3-4,6,12H,2,5H2,1H3. The molecule has 0 aliphatic rings. The average Bonchev–Trinajstić information content (AvgIpc) is 2.10. The van der Waals surface area contributed by atoms with Gasteiger partial charge in [-0.05, 0) is 24.6 Å². The minimum atomic E-state index is -1.14. The second-order valence-electron chi connectivity index (χ2n) is 2.78. The number of hydrogen-bond acceptors (Lipinski definition) is 1. The summed E-state index contributed by atoms with van der Waals surface area (Å²) in [5, 5.41) is 0.245. The molecule has 0 saturated heterocycles. The van der Waals surface area contributed by atoms with E-state index in [4.69, 9.17) is 11.6 Å². The van der Waals surface area contributed by atoms with Gasteiger partial charge in [-0.3, -0.25) is 0 Å². The molecule has 0 heterocycles. The van der Waals surface area contributed by atoms with E-state index < -0.39 is 16.8 Å². The molecule has 1 unspecified atom stereocenters.